The number of amidine groups is 1. The highest BCUT2D eigenvalue weighted by Crippen LogP contribution is 2.35. The molecule has 0 spiro atoms. The number of amides is 1. The molecule has 1 aromatic carbocycles. The zero-order valence-electron chi connectivity index (χ0n) is 16.7. The minimum Gasteiger partial charge on any atom is -0.328 e. The van der Waals surface area contributed by atoms with Crippen molar-refractivity contribution in [1.82, 2.24) is 9.78 Å². The molecule has 3 aromatic rings. The Labute approximate surface area is 184 Å². The van der Waals surface area contributed by atoms with Crippen molar-refractivity contribution in [2.75, 3.05) is 16.8 Å². The Balaban J connectivity index is 1.42. The highest BCUT2D eigenvalue weighted by Gasteiger charge is 2.32. The maximum atomic E-state index is 12.9. The average molecular weight is 456 g/mol. The van der Waals surface area contributed by atoms with E-state index in [1.54, 1.807) is 40.4 Å². The molecule has 0 bridgehead atoms. The number of carbonyl (C=O) groups excluding carboxylic acids is 1. The quantitative estimate of drug-likeness (QED) is 0.647. The van der Waals surface area contributed by atoms with Gasteiger partial charge in [-0.2, -0.15) is 13.5 Å². The second-order valence-electron chi connectivity index (χ2n) is 7.53. The maximum Gasteiger partial charge on any atom is 0.286 e. The molecular weight excluding hydrogens is 434 g/mol. The molecule has 1 saturated heterocycles. The van der Waals surface area contributed by atoms with Gasteiger partial charge in [-0.05, 0) is 42.5 Å². The molecule has 0 radical (unpaired) electrons. The average Bonchev–Trinajstić information content (AvgIpc) is 3.36. The van der Waals surface area contributed by atoms with E-state index in [1.165, 1.54) is 6.07 Å². The number of thiophene rings is 1. The molecular formula is C21H21N5O3S2. The second kappa shape index (κ2) is 7.93. The van der Waals surface area contributed by atoms with Crippen molar-refractivity contribution < 1.29 is 13.2 Å². The third-order valence-electron chi connectivity index (χ3n) is 5.45. The van der Waals surface area contributed by atoms with Gasteiger partial charge < -0.3 is 10.2 Å². The molecule has 2 aromatic heterocycles. The van der Waals surface area contributed by atoms with Crippen LogP contribution >= 0.6 is 11.3 Å². The number of carbonyl (C=O) groups is 1. The standard InChI is InChI=1S/C21H21N5O3S2/c27-21(23-19-9-10-22-26(19)14-16-5-4-12-30-16)15-7-8-17-18(13-15)31(28,29)24-20-6-2-1-3-11-25(17)20/h4-5,7-10,12-13H,1-3,6,11,14H2,(H,23,27). The summed E-state index contributed by atoms with van der Waals surface area (Å²) in [7, 11) is -3.84. The Morgan fingerprint density at radius 2 is 2.06 bits per heavy atom. The molecule has 2 aliphatic rings. The van der Waals surface area contributed by atoms with Crippen molar-refractivity contribution in [2.24, 2.45) is 4.40 Å². The van der Waals surface area contributed by atoms with Gasteiger partial charge in [0.25, 0.3) is 15.9 Å². The van der Waals surface area contributed by atoms with Crippen molar-refractivity contribution in [2.45, 2.75) is 37.1 Å². The topological polar surface area (TPSA) is 96.7 Å². The summed E-state index contributed by atoms with van der Waals surface area (Å²) in [5.74, 6) is 0.753. The first kappa shape index (κ1) is 20.0. The smallest absolute Gasteiger partial charge is 0.286 e. The van der Waals surface area contributed by atoms with Crippen LogP contribution in [0.15, 0.2) is 57.3 Å². The van der Waals surface area contributed by atoms with Crippen LogP contribution in [0, 0.1) is 0 Å². The summed E-state index contributed by atoms with van der Waals surface area (Å²) >= 11 is 1.61. The van der Waals surface area contributed by atoms with E-state index in [2.05, 4.69) is 14.8 Å². The van der Waals surface area contributed by atoms with Crippen molar-refractivity contribution in [3.8, 4) is 0 Å². The van der Waals surface area contributed by atoms with Gasteiger partial charge in [0.1, 0.15) is 16.5 Å². The predicted octanol–water partition coefficient (Wildman–Crippen LogP) is 3.73. The molecule has 4 heterocycles. The van der Waals surface area contributed by atoms with E-state index in [4.69, 9.17) is 0 Å². The third kappa shape index (κ3) is 3.88. The lowest BCUT2D eigenvalue weighted by molar-refractivity contribution is 0.102. The van der Waals surface area contributed by atoms with Crippen molar-refractivity contribution in [3.63, 3.8) is 0 Å². The first-order valence-electron chi connectivity index (χ1n) is 10.1. The molecule has 0 saturated carbocycles. The fraction of sp³-hybridized carbons (Fsp3) is 0.286. The Morgan fingerprint density at radius 1 is 1.16 bits per heavy atom. The van der Waals surface area contributed by atoms with Gasteiger partial charge in [-0.1, -0.05) is 12.5 Å². The first-order valence-corrected chi connectivity index (χ1v) is 12.4. The van der Waals surface area contributed by atoms with Gasteiger partial charge in [0.2, 0.25) is 0 Å². The minimum absolute atomic E-state index is 0.0814. The lowest BCUT2D eigenvalue weighted by Crippen LogP contribution is -2.35. The van der Waals surface area contributed by atoms with Crippen LogP contribution in [0.3, 0.4) is 0 Å². The normalized spacial score (nSPS) is 17.3. The Morgan fingerprint density at radius 3 is 2.90 bits per heavy atom. The van der Waals surface area contributed by atoms with Crippen molar-refractivity contribution >= 4 is 44.6 Å². The number of rotatable bonds is 4. The largest absolute Gasteiger partial charge is 0.328 e. The summed E-state index contributed by atoms with van der Waals surface area (Å²) in [6, 6.07) is 10.5. The van der Waals surface area contributed by atoms with Gasteiger partial charge in [-0.25, -0.2) is 4.68 Å². The summed E-state index contributed by atoms with van der Waals surface area (Å²) in [4.78, 5) is 16.1. The SMILES string of the molecule is O=C(Nc1ccnn1Cc1cccs1)c1ccc2c(c1)S(=O)(=O)N=C1CCCCCN12. The number of benzene rings is 1. The molecule has 2 aliphatic heterocycles. The zero-order valence-corrected chi connectivity index (χ0v) is 18.3. The number of hydrogen-bond donors (Lipinski definition) is 1. The Hall–Kier alpha value is -2.98. The minimum atomic E-state index is -3.84. The molecule has 10 heteroatoms. The molecule has 0 aliphatic carbocycles. The summed E-state index contributed by atoms with van der Waals surface area (Å²) in [5, 5.41) is 9.10. The molecule has 8 nitrogen and oxygen atoms in total. The van der Waals surface area contributed by atoms with Gasteiger partial charge in [-0.15, -0.1) is 15.7 Å². The zero-order chi connectivity index (χ0) is 21.4. The van der Waals surface area contributed by atoms with E-state index in [1.807, 2.05) is 22.4 Å². The fourth-order valence-corrected chi connectivity index (χ4v) is 5.89. The van der Waals surface area contributed by atoms with E-state index in [9.17, 15) is 13.2 Å². The van der Waals surface area contributed by atoms with E-state index in [0.717, 1.165) is 30.7 Å². The van der Waals surface area contributed by atoms with Crippen LogP contribution in [0.5, 0.6) is 0 Å². The highest BCUT2D eigenvalue weighted by molar-refractivity contribution is 7.90. The number of fused-ring (bicyclic) bond motifs is 3. The second-order valence-corrected chi connectivity index (χ2v) is 10.1. The van der Waals surface area contributed by atoms with E-state index in [0.29, 0.717) is 30.3 Å². The highest BCUT2D eigenvalue weighted by atomic mass is 32.2. The number of sulfonamides is 1. The van der Waals surface area contributed by atoms with E-state index in [-0.39, 0.29) is 10.5 Å². The third-order valence-corrected chi connectivity index (χ3v) is 7.65. The van der Waals surface area contributed by atoms with Crippen LogP contribution in [0.1, 0.15) is 40.9 Å². The summed E-state index contributed by atoms with van der Waals surface area (Å²) in [6.45, 7) is 1.28. The fourth-order valence-electron chi connectivity index (χ4n) is 3.92. The van der Waals surface area contributed by atoms with Gasteiger partial charge in [0.05, 0.1) is 18.4 Å². The molecule has 1 N–H and O–H groups in total. The predicted molar refractivity (Wildman–Crippen MR) is 120 cm³/mol. The molecule has 1 fully saturated rings. The van der Waals surface area contributed by atoms with Crippen LogP contribution in [-0.4, -0.2) is 36.5 Å². The van der Waals surface area contributed by atoms with Crippen LogP contribution in [-0.2, 0) is 16.6 Å². The number of anilines is 2. The van der Waals surface area contributed by atoms with Gasteiger partial charge in [0.15, 0.2) is 0 Å². The lowest BCUT2D eigenvalue weighted by atomic mass is 10.1. The first-order chi connectivity index (χ1) is 15.0. The van der Waals surface area contributed by atoms with Gasteiger partial charge in [-0.3, -0.25) is 4.79 Å². The maximum absolute atomic E-state index is 12.9. The van der Waals surface area contributed by atoms with E-state index < -0.39 is 15.9 Å². The summed E-state index contributed by atoms with van der Waals surface area (Å²) in [6.07, 6.45) is 5.23. The molecule has 0 atom stereocenters. The van der Waals surface area contributed by atoms with Crippen LogP contribution in [0.4, 0.5) is 11.5 Å². The van der Waals surface area contributed by atoms with Gasteiger partial charge >= 0.3 is 0 Å². The number of nitrogens with one attached hydrogen (secondary N) is 1. The summed E-state index contributed by atoms with van der Waals surface area (Å²) in [5.41, 5.74) is 0.867. The molecule has 5 rings (SSSR count). The van der Waals surface area contributed by atoms with Crippen LogP contribution < -0.4 is 10.2 Å². The Bertz CT molecular complexity index is 1260. The monoisotopic (exact) mass is 455 g/mol. The molecule has 1 amide bonds. The van der Waals surface area contributed by atoms with Crippen molar-refractivity contribution in [1.29, 1.82) is 0 Å². The number of aromatic nitrogens is 2. The number of hydrogen-bond acceptors (Lipinski definition) is 6. The lowest BCUT2D eigenvalue weighted by Gasteiger charge is -2.29. The molecule has 31 heavy (non-hydrogen) atoms. The van der Waals surface area contributed by atoms with Crippen LogP contribution in [0.2, 0.25) is 0 Å². The number of nitrogens with zero attached hydrogens (tertiary/aromatic N) is 4. The van der Waals surface area contributed by atoms with Crippen LogP contribution in [0.25, 0.3) is 0 Å². The van der Waals surface area contributed by atoms with Crippen molar-refractivity contribution in [3.05, 3.63) is 58.4 Å². The molecule has 0 unspecified atom stereocenters. The molecule has 160 valence electrons. The van der Waals surface area contributed by atoms with Gasteiger partial charge in [0, 0.05) is 29.5 Å². The summed E-state index contributed by atoms with van der Waals surface area (Å²) < 4.78 is 31.4. The Kier molecular flexibility index (Phi) is 5.11. The van der Waals surface area contributed by atoms with E-state index >= 15 is 0 Å².